The van der Waals surface area contributed by atoms with Crippen molar-refractivity contribution in [3.63, 3.8) is 0 Å². The van der Waals surface area contributed by atoms with E-state index in [1.165, 1.54) is 12.1 Å². The molecule has 0 spiro atoms. The number of piperidine rings is 1. The molecule has 1 unspecified atom stereocenters. The van der Waals surface area contributed by atoms with Gasteiger partial charge in [0.05, 0.1) is 0 Å². The van der Waals surface area contributed by atoms with E-state index in [1.54, 1.807) is 24.1 Å². The minimum atomic E-state index is -4.65. The summed E-state index contributed by atoms with van der Waals surface area (Å²) in [5, 5.41) is 0. The Morgan fingerprint density at radius 1 is 1.19 bits per heavy atom. The summed E-state index contributed by atoms with van der Waals surface area (Å²) in [5.74, 6) is 2.04. The molecule has 2 heterocycles. The van der Waals surface area contributed by atoms with Crippen molar-refractivity contribution in [2.75, 3.05) is 18.8 Å². The molecule has 0 aromatic heterocycles. The molecule has 0 N–H and O–H groups in total. The smallest absolute Gasteiger partial charge is 0.406 e. The molecule has 0 bridgehead atoms. The molecule has 2 aliphatic rings. The van der Waals surface area contributed by atoms with Gasteiger partial charge in [-0.3, -0.25) is 0 Å². The zero-order valence-electron chi connectivity index (χ0n) is 11.3. The molecule has 3 nitrogen and oxygen atoms in total. The summed E-state index contributed by atoms with van der Waals surface area (Å²) in [6, 6.07) is 6.16. The van der Waals surface area contributed by atoms with E-state index in [2.05, 4.69) is 14.0 Å². The topological polar surface area (TPSA) is 24.8 Å². The van der Waals surface area contributed by atoms with Crippen molar-refractivity contribution in [2.45, 2.75) is 25.1 Å². The van der Waals surface area contributed by atoms with Gasteiger partial charge in [0.25, 0.3) is 0 Å². The van der Waals surface area contributed by atoms with Crippen LogP contribution < -0.4 is 4.74 Å². The molecular formula is C14H15F3N2OS. The number of alkyl halides is 3. The molecule has 0 aliphatic carbocycles. The van der Waals surface area contributed by atoms with Crippen LogP contribution in [0.4, 0.5) is 13.2 Å². The summed E-state index contributed by atoms with van der Waals surface area (Å²) in [7, 11) is 0. The maximum atomic E-state index is 12.2. The average molecular weight is 316 g/mol. The first-order chi connectivity index (χ1) is 10.0. The van der Waals surface area contributed by atoms with Gasteiger partial charge in [-0.25, -0.2) is 4.40 Å². The normalized spacial score (nSPS) is 22.5. The van der Waals surface area contributed by atoms with Crippen molar-refractivity contribution < 1.29 is 17.9 Å². The molecule has 21 heavy (non-hydrogen) atoms. The summed E-state index contributed by atoms with van der Waals surface area (Å²) in [4.78, 5) is 2.28. The maximum absolute atomic E-state index is 12.2. The van der Waals surface area contributed by atoms with Crippen LogP contribution in [0, 0.1) is 0 Å². The largest absolute Gasteiger partial charge is 0.573 e. The van der Waals surface area contributed by atoms with Gasteiger partial charge in [0, 0.05) is 24.8 Å². The van der Waals surface area contributed by atoms with E-state index in [0.717, 1.165) is 43.1 Å². The van der Waals surface area contributed by atoms with Crippen LogP contribution >= 0.6 is 11.9 Å². The highest BCUT2D eigenvalue weighted by atomic mass is 32.2. The number of amidine groups is 1. The van der Waals surface area contributed by atoms with Crippen molar-refractivity contribution >= 4 is 17.8 Å². The number of hydrogen-bond donors (Lipinski definition) is 0. The quantitative estimate of drug-likeness (QED) is 0.775. The summed E-state index contributed by atoms with van der Waals surface area (Å²) >= 11 is 1.56. The highest BCUT2D eigenvalue weighted by molar-refractivity contribution is 7.98. The Morgan fingerprint density at radius 3 is 2.67 bits per heavy atom. The summed E-state index contributed by atoms with van der Waals surface area (Å²) < 4.78 is 44.9. The Bertz CT molecular complexity index is 530. The SMILES string of the molecule is FC(F)(F)Oc1ccc(C2CCCN3CCSN=C23)cc1. The lowest BCUT2D eigenvalue weighted by Gasteiger charge is -2.37. The van der Waals surface area contributed by atoms with Crippen LogP contribution in [0.3, 0.4) is 0 Å². The van der Waals surface area contributed by atoms with E-state index >= 15 is 0 Å². The Labute approximate surface area is 125 Å². The molecule has 114 valence electrons. The van der Waals surface area contributed by atoms with Crippen molar-refractivity contribution in [1.29, 1.82) is 0 Å². The molecular weight excluding hydrogens is 301 g/mol. The van der Waals surface area contributed by atoms with Crippen LogP contribution in [0.15, 0.2) is 28.7 Å². The molecule has 2 aliphatic heterocycles. The maximum Gasteiger partial charge on any atom is 0.573 e. The predicted octanol–water partition coefficient (Wildman–Crippen LogP) is 3.82. The van der Waals surface area contributed by atoms with E-state index in [-0.39, 0.29) is 11.7 Å². The zero-order valence-corrected chi connectivity index (χ0v) is 12.1. The second kappa shape index (κ2) is 5.79. The van der Waals surface area contributed by atoms with Crippen molar-refractivity contribution in [3.8, 4) is 5.75 Å². The predicted molar refractivity (Wildman–Crippen MR) is 76.6 cm³/mol. The van der Waals surface area contributed by atoms with Crippen LogP contribution in [-0.2, 0) is 0 Å². The van der Waals surface area contributed by atoms with Crippen LogP contribution in [0.1, 0.15) is 24.3 Å². The minimum Gasteiger partial charge on any atom is -0.406 e. The van der Waals surface area contributed by atoms with Gasteiger partial charge < -0.3 is 9.64 Å². The van der Waals surface area contributed by atoms with Crippen LogP contribution in [-0.4, -0.2) is 35.9 Å². The Hall–Kier alpha value is -1.37. The lowest BCUT2D eigenvalue weighted by Crippen LogP contribution is -2.42. The van der Waals surface area contributed by atoms with Crippen LogP contribution in [0.25, 0.3) is 0 Å². The van der Waals surface area contributed by atoms with E-state index < -0.39 is 6.36 Å². The molecule has 3 rings (SSSR count). The lowest BCUT2D eigenvalue weighted by molar-refractivity contribution is -0.274. The van der Waals surface area contributed by atoms with Crippen molar-refractivity contribution in [2.24, 2.45) is 4.40 Å². The standard InChI is InChI=1S/C14H15F3N2OS/c15-14(16,17)20-11-5-3-10(4-6-11)12-2-1-7-19-8-9-21-18-13(12)19/h3-6,12H,1-2,7-9H2. The molecule has 0 radical (unpaired) electrons. The van der Waals surface area contributed by atoms with Gasteiger partial charge in [0.15, 0.2) is 0 Å². The van der Waals surface area contributed by atoms with Crippen molar-refractivity contribution in [1.82, 2.24) is 4.90 Å². The molecule has 1 atom stereocenters. The average Bonchev–Trinajstić information content (AvgIpc) is 2.46. The molecule has 1 saturated heterocycles. The molecule has 1 aromatic carbocycles. The number of benzene rings is 1. The number of rotatable bonds is 2. The summed E-state index contributed by atoms with van der Waals surface area (Å²) in [6.45, 7) is 2.01. The fourth-order valence-electron chi connectivity index (χ4n) is 2.78. The first kappa shape index (κ1) is 14.6. The number of hydrogen-bond acceptors (Lipinski definition) is 4. The number of fused-ring (bicyclic) bond motifs is 1. The molecule has 7 heteroatoms. The van der Waals surface area contributed by atoms with Gasteiger partial charge >= 0.3 is 6.36 Å². The highest BCUT2D eigenvalue weighted by Gasteiger charge is 2.32. The Morgan fingerprint density at radius 2 is 1.95 bits per heavy atom. The molecule has 0 saturated carbocycles. The van der Waals surface area contributed by atoms with E-state index in [0.29, 0.717) is 0 Å². The fourth-order valence-corrected chi connectivity index (χ4v) is 3.55. The van der Waals surface area contributed by atoms with Gasteiger partial charge in [0.2, 0.25) is 0 Å². The van der Waals surface area contributed by atoms with Gasteiger partial charge in [0.1, 0.15) is 11.6 Å². The number of nitrogens with zero attached hydrogens (tertiary/aromatic N) is 2. The van der Waals surface area contributed by atoms with E-state index in [4.69, 9.17) is 0 Å². The number of halogens is 3. The highest BCUT2D eigenvalue weighted by Crippen LogP contribution is 2.33. The summed E-state index contributed by atoms with van der Waals surface area (Å²) in [6.07, 6.45) is -2.59. The van der Waals surface area contributed by atoms with Gasteiger partial charge in [-0.05, 0) is 42.5 Å². The number of ether oxygens (including phenoxy) is 1. The van der Waals surface area contributed by atoms with Crippen molar-refractivity contribution in [3.05, 3.63) is 29.8 Å². The van der Waals surface area contributed by atoms with E-state index in [1.807, 2.05) is 0 Å². The zero-order chi connectivity index (χ0) is 14.9. The third-order valence-electron chi connectivity index (χ3n) is 3.68. The van der Waals surface area contributed by atoms with Crippen LogP contribution in [0.2, 0.25) is 0 Å². The Balaban J connectivity index is 1.78. The van der Waals surface area contributed by atoms with Gasteiger partial charge in [-0.2, -0.15) is 0 Å². The Kier molecular flexibility index (Phi) is 4.01. The lowest BCUT2D eigenvalue weighted by atomic mass is 9.89. The third-order valence-corrected chi connectivity index (χ3v) is 4.36. The van der Waals surface area contributed by atoms with Gasteiger partial charge in [-0.15, -0.1) is 13.2 Å². The second-order valence-corrected chi connectivity index (χ2v) is 5.93. The second-order valence-electron chi connectivity index (χ2n) is 5.08. The first-order valence-corrected chi connectivity index (χ1v) is 7.78. The molecule has 0 amide bonds. The first-order valence-electron chi connectivity index (χ1n) is 6.83. The third kappa shape index (κ3) is 3.45. The molecule has 1 aromatic rings. The van der Waals surface area contributed by atoms with Crippen LogP contribution in [0.5, 0.6) is 5.75 Å². The molecule has 1 fully saturated rings. The minimum absolute atomic E-state index is 0.173. The fraction of sp³-hybridized carbons (Fsp3) is 0.500. The van der Waals surface area contributed by atoms with Gasteiger partial charge in [-0.1, -0.05) is 12.1 Å². The van der Waals surface area contributed by atoms with E-state index in [9.17, 15) is 13.2 Å². The summed E-state index contributed by atoms with van der Waals surface area (Å²) in [5.41, 5.74) is 0.996. The monoisotopic (exact) mass is 316 g/mol.